The average Bonchev–Trinajstić information content (AvgIpc) is 2.31. The molecule has 3 N–H and O–H groups in total. The van der Waals surface area contributed by atoms with E-state index in [4.69, 9.17) is 5.73 Å². The van der Waals surface area contributed by atoms with Crippen LogP contribution >= 0.6 is 0 Å². The van der Waals surface area contributed by atoms with Crippen molar-refractivity contribution in [3.63, 3.8) is 0 Å². The SMILES string of the molecule is CC[C@H](C)[C@H](N)C(=O)Nc1ccc(F)c(F)c1. The van der Waals surface area contributed by atoms with E-state index < -0.39 is 23.6 Å². The molecule has 0 aliphatic heterocycles. The summed E-state index contributed by atoms with van der Waals surface area (Å²) in [7, 11) is 0. The van der Waals surface area contributed by atoms with Crippen LogP contribution < -0.4 is 11.1 Å². The molecule has 3 nitrogen and oxygen atoms in total. The van der Waals surface area contributed by atoms with Crippen molar-refractivity contribution in [1.29, 1.82) is 0 Å². The van der Waals surface area contributed by atoms with Gasteiger partial charge in [-0.05, 0) is 18.1 Å². The Morgan fingerprint density at radius 1 is 1.41 bits per heavy atom. The van der Waals surface area contributed by atoms with Gasteiger partial charge in [0.25, 0.3) is 0 Å². The zero-order valence-corrected chi connectivity index (χ0v) is 9.84. The van der Waals surface area contributed by atoms with Crippen LogP contribution in [-0.4, -0.2) is 11.9 Å². The van der Waals surface area contributed by atoms with Crippen molar-refractivity contribution in [2.75, 3.05) is 5.32 Å². The summed E-state index contributed by atoms with van der Waals surface area (Å²) >= 11 is 0. The molecule has 1 amide bonds. The predicted octanol–water partition coefficient (Wildman–Crippen LogP) is 2.28. The molecule has 94 valence electrons. The Morgan fingerprint density at radius 3 is 2.59 bits per heavy atom. The Hall–Kier alpha value is -1.49. The minimum Gasteiger partial charge on any atom is -0.325 e. The number of hydrogen-bond acceptors (Lipinski definition) is 2. The molecule has 0 spiro atoms. The number of rotatable bonds is 4. The summed E-state index contributed by atoms with van der Waals surface area (Å²) in [5.74, 6) is -2.32. The third-order valence-corrected chi connectivity index (χ3v) is 2.75. The normalized spacial score (nSPS) is 14.2. The fraction of sp³-hybridized carbons (Fsp3) is 0.417. The summed E-state index contributed by atoms with van der Waals surface area (Å²) in [6.45, 7) is 3.78. The summed E-state index contributed by atoms with van der Waals surface area (Å²) < 4.78 is 25.6. The standard InChI is InChI=1S/C12H16F2N2O/c1-3-7(2)11(15)12(17)16-8-4-5-9(13)10(14)6-8/h4-7,11H,3,15H2,1-2H3,(H,16,17)/t7-,11-/m0/s1. The zero-order valence-electron chi connectivity index (χ0n) is 9.84. The first-order valence-corrected chi connectivity index (χ1v) is 5.47. The van der Waals surface area contributed by atoms with Crippen LogP contribution in [0.5, 0.6) is 0 Å². The molecule has 0 aliphatic carbocycles. The maximum atomic E-state index is 12.9. The van der Waals surface area contributed by atoms with Gasteiger partial charge in [-0.1, -0.05) is 20.3 Å². The molecular formula is C12H16F2N2O. The molecule has 1 aromatic carbocycles. The highest BCUT2D eigenvalue weighted by Crippen LogP contribution is 2.14. The zero-order chi connectivity index (χ0) is 13.0. The van der Waals surface area contributed by atoms with Crippen molar-refractivity contribution in [2.24, 2.45) is 11.7 Å². The minimum absolute atomic E-state index is 0.0281. The molecular weight excluding hydrogens is 226 g/mol. The van der Waals surface area contributed by atoms with Gasteiger partial charge in [0.15, 0.2) is 11.6 Å². The topological polar surface area (TPSA) is 55.1 Å². The van der Waals surface area contributed by atoms with Crippen molar-refractivity contribution in [3.05, 3.63) is 29.8 Å². The molecule has 1 rings (SSSR count). The van der Waals surface area contributed by atoms with E-state index in [1.807, 2.05) is 13.8 Å². The molecule has 2 atom stereocenters. The Labute approximate surface area is 99.0 Å². The summed E-state index contributed by atoms with van der Waals surface area (Å²) in [4.78, 5) is 11.7. The number of benzene rings is 1. The maximum Gasteiger partial charge on any atom is 0.241 e. The number of carbonyl (C=O) groups excluding carboxylic acids is 1. The predicted molar refractivity (Wildman–Crippen MR) is 62.4 cm³/mol. The van der Waals surface area contributed by atoms with Gasteiger partial charge >= 0.3 is 0 Å². The van der Waals surface area contributed by atoms with Gasteiger partial charge in [0.1, 0.15) is 0 Å². The molecule has 17 heavy (non-hydrogen) atoms. The number of anilines is 1. The molecule has 0 saturated heterocycles. The quantitative estimate of drug-likeness (QED) is 0.851. The van der Waals surface area contributed by atoms with E-state index in [0.717, 1.165) is 18.6 Å². The lowest BCUT2D eigenvalue weighted by Gasteiger charge is -2.17. The molecule has 0 unspecified atom stereocenters. The minimum atomic E-state index is -1.00. The fourth-order valence-corrected chi connectivity index (χ4v) is 1.31. The number of amides is 1. The van der Waals surface area contributed by atoms with Gasteiger partial charge in [-0.3, -0.25) is 4.79 Å². The molecule has 0 aromatic heterocycles. The van der Waals surface area contributed by atoms with E-state index in [1.54, 1.807) is 0 Å². The molecule has 0 aliphatic rings. The van der Waals surface area contributed by atoms with E-state index in [9.17, 15) is 13.6 Å². The monoisotopic (exact) mass is 242 g/mol. The van der Waals surface area contributed by atoms with Crippen LogP contribution in [0.4, 0.5) is 14.5 Å². The van der Waals surface area contributed by atoms with E-state index in [0.29, 0.717) is 0 Å². The van der Waals surface area contributed by atoms with Crippen molar-refractivity contribution in [2.45, 2.75) is 26.3 Å². The van der Waals surface area contributed by atoms with E-state index in [-0.39, 0.29) is 11.6 Å². The van der Waals surface area contributed by atoms with E-state index in [2.05, 4.69) is 5.32 Å². The van der Waals surface area contributed by atoms with Gasteiger partial charge in [-0.2, -0.15) is 0 Å². The molecule has 1 aromatic rings. The van der Waals surface area contributed by atoms with Crippen LogP contribution in [0.25, 0.3) is 0 Å². The van der Waals surface area contributed by atoms with E-state index >= 15 is 0 Å². The Balaban J connectivity index is 2.71. The van der Waals surface area contributed by atoms with Crippen LogP contribution in [0.1, 0.15) is 20.3 Å². The Morgan fingerprint density at radius 2 is 2.06 bits per heavy atom. The maximum absolute atomic E-state index is 12.9. The van der Waals surface area contributed by atoms with Crippen molar-refractivity contribution < 1.29 is 13.6 Å². The summed E-state index contributed by atoms with van der Waals surface area (Å²) in [6.07, 6.45) is 0.770. The van der Waals surface area contributed by atoms with Crippen LogP contribution in [-0.2, 0) is 4.79 Å². The summed E-state index contributed by atoms with van der Waals surface area (Å²) in [5, 5.41) is 2.45. The third-order valence-electron chi connectivity index (χ3n) is 2.75. The lowest BCUT2D eigenvalue weighted by atomic mass is 9.99. The first kappa shape index (κ1) is 13.6. The summed E-state index contributed by atoms with van der Waals surface area (Å²) in [5.41, 5.74) is 5.91. The average molecular weight is 242 g/mol. The second-order valence-electron chi connectivity index (χ2n) is 4.03. The number of nitrogens with two attached hydrogens (primary N) is 1. The van der Waals surface area contributed by atoms with Crippen molar-refractivity contribution >= 4 is 11.6 Å². The highest BCUT2D eigenvalue weighted by molar-refractivity contribution is 5.94. The lowest BCUT2D eigenvalue weighted by molar-refractivity contribution is -0.118. The molecule has 0 heterocycles. The van der Waals surface area contributed by atoms with Crippen molar-refractivity contribution in [1.82, 2.24) is 0 Å². The number of hydrogen-bond donors (Lipinski definition) is 2. The largest absolute Gasteiger partial charge is 0.325 e. The van der Waals surface area contributed by atoms with Crippen molar-refractivity contribution in [3.8, 4) is 0 Å². The second-order valence-corrected chi connectivity index (χ2v) is 4.03. The van der Waals surface area contributed by atoms with Gasteiger partial charge in [0.2, 0.25) is 5.91 Å². The molecule has 0 saturated carbocycles. The molecule has 0 bridgehead atoms. The first-order valence-electron chi connectivity index (χ1n) is 5.47. The van der Waals surface area contributed by atoms with Crippen LogP contribution in [0.15, 0.2) is 18.2 Å². The second kappa shape index (κ2) is 5.72. The van der Waals surface area contributed by atoms with Gasteiger partial charge in [-0.25, -0.2) is 8.78 Å². The number of nitrogens with one attached hydrogen (secondary N) is 1. The molecule has 0 radical (unpaired) electrons. The van der Waals surface area contributed by atoms with Crippen LogP contribution in [0.3, 0.4) is 0 Å². The summed E-state index contributed by atoms with van der Waals surface area (Å²) in [6, 6.07) is 2.52. The van der Waals surface area contributed by atoms with Crippen LogP contribution in [0.2, 0.25) is 0 Å². The van der Waals surface area contributed by atoms with E-state index in [1.165, 1.54) is 6.07 Å². The Kier molecular flexibility index (Phi) is 4.57. The fourth-order valence-electron chi connectivity index (χ4n) is 1.31. The van der Waals surface area contributed by atoms with Gasteiger partial charge in [0.05, 0.1) is 6.04 Å². The van der Waals surface area contributed by atoms with Crippen LogP contribution in [0, 0.1) is 17.6 Å². The molecule has 5 heteroatoms. The highest BCUT2D eigenvalue weighted by Gasteiger charge is 2.19. The number of halogens is 2. The molecule has 0 fully saturated rings. The number of carbonyl (C=O) groups is 1. The highest BCUT2D eigenvalue weighted by atomic mass is 19.2. The first-order chi connectivity index (χ1) is 7.95. The lowest BCUT2D eigenvalue weighted by Crippen LogP contribution is -2.40. The Bertz CT molecular complexity index is 409. The van der Waals surface area contributed by atoms with Gasteiger partial charge in [-0.15, -0.1) is 0 Å². The van der Waals surface area contributed by atoms with Gasteiger partial charge < -0.3 is 11.1 Å². The smallest absolute Gasteiger partial charge is 0.241 e. The third kappa shape index (κ3) is 3.49. The van der Waals surface area contributed by atoms with Gasteiger partial charge in [0, 0.05) is 11.8 Å².